The zero-order valence-electron chi connectivity index (χ0n) is 18.5. The summed E-state index contributed by atoms with van der Waals surface area (Å²) in [5, 5.41) is 0.354. The van der Waals surface area contributed by atoms with Crippen LogP contribution in [-0.4, -0.2) is 23.2 Å². The van der Waals surface area contributed by atoms with E-state index in [0.29, 0.717) is 28.0 Å². The van der Waals surface area contributed by atoms with Gasteiger partial charge in [-0.1, -0.05) is 59.6 Å². The first-order valence-electron chi connectivity index (χ1n) is 10.4. The van der Waals surface area contributed by atoms with Gasteiger partial charge in [0.25, 0.3) is 11.1 Å². The lowest BCUT2D eigenvalue weighted by Gasteiger charge is -2.14. The van der Waals surface area contributed by atoms with Crippen molar-refractivity contribution in [3.63, 3.8) is 0 Å². The molecule has 34 heavy (non-hydrogen) atoms. The third-order valence-electron chi connectivity index (χ3n) is 5.21. The first-order valence-corrected chi connectivity index (χ1v) is 12.7. The van der Waals surface area contributed by atoms with Crippen molar-refractivity contribution < 1.29 is 19.1 Å². The summed E-state index contributed by atoms with van der Waals surface area (Å²) in [5.74, 6) is 0.820. The quantitative estimate of drug-likeness (QED) is 0.213. The molecule has 1 fully saturated rings. The molecule has 3 aromatic carbocycles. The van der Waals surface area contributed by atoms with Crippen LogP contribution in [0.15, 0.2) is 65.6 Å². The first-order chi connectivity index (χ1) is 16.4. The van der Waals surface area contributed by atoms with Gasteiger partial charge in [-0.3, -0.25) is 14.5 Å². The minimum Gasteiger partial charge on any atom is -0.493 e. The molecule has 0 saturated carbocycles. The Hall–Kier alpha value is -2.49. The van der Waals surface area contributed by atoms with Crippen molar-refractivity contribution in [2.24, 2.45) is 0 Å². The molecule has 0 spiro atoms. The number of carbonyl (C=O) groups excluding carboxylic acids is 2. The Morgan fingerprint density at radius 3 is 2.53 bits per heavy atom. The molecular formula is C26H21ClINO4S. The highest BCUT2D eigenvalue weighted by Crippen LogP contribution is 2.38. The van der Waals surface area contributed by atoms with Gasteiger partial charge in [0.05, 0.1) is 22.1 Å². The molecular weight excluding hydrogens is 585 g/mol. The average molecular weight is 606 g/mol. The van der Waals surface area contributed by atoms with Crippen LogP contribution in [0.25, 0.3) is 6.08 Å². The van der Waals surface area contributed by atoms with Gasteiger partial charge in [-0.2, -0.15) is 0 Å². The molecule has 174 valence electrons. The normalized spacial score (nSPS) is 14.7. The van der Waals surface area contributed by atoms with E-state index in [9.17, 15) is 9.59 Å². The number of carbonyl (C=O) groups is 2. The second-order valence-corrected chi connectivity index (χ2v) is 10.2. The maximum Gasteiger partial charge on any atom is 0.293 e. The number of halogens is 2. The van der Waals surface area contributed by atoms with Crippen molar-refractivity contribution in [1.29, 1.82) is 0 Å². The highest BCUT2D eigenvalue weighted by Gasteiger charge is 2.35. The van der Waals surface area contributed by atoms with Gasteiger partial charge >= 0.3 is 0 Å². The van der Waals surface area contributed by atoms with Crippen LogP contribution in [0, 0.1) is 10.5 Å². The maximum atomic E-state index is 12.9. The second kappa shape index (κ2) is 10.8. The van der Waals surface area contributed by atoms with E-state index in [1.165, 1.54) is 4.90 Å². The Morgan fingerprint density at radius 1 is 1.09 bits per heavy atom. The van der Waals surface area contributed by atoms with E-state index in [0.717, 1.165) is 37.6 Å². The standard InChI is InChI=1S/C26H21ClINO4S/c1-16-7-9-17(10-8-16)14-29-25(30)23(34-26(29)31)13-18-11-21(28)24(22(12-18)32-2)33-15-19-5-3-4-6-20(19)27/h3-13H,14-15H2,1-2H3/b23-13+. The largest absolute Gasteiger partial charge is 0.493 e. The van der Waals surface area contributed by atoms with E-state index in [-0.39, 0.29) is 17.7 Å². The number of ether oxygens (including phenoxy) is 2. The van der Waals surface area contributed by atoms with Crippen molar-refractivity contribution >= 4 is 63.2 Å². The number of benzene rings is 3. The van der Waals surface area contributed by atoms with E-state index < -0.39 is 0 Å². The second-order valence-electron chi connectivity index (χ2n) is 7.67. The molecule has 3 aromatic rings. The summed E-state index contributed by atoms with van der Waals surface area (Å²) >= 11 is 9.34. The van der Waals surface area contributed by atoms with Gasteiger partial charge < -0.3 is 9.47 Å². The third-order valence-corrected chi connectivity index (χ3v) is 7.29. The van der Waals surface area contributed by atoms with Gasteiger partial charge in [0, 0.05) is 10.6 Å². The van der Waals surface area contributed by atoms with Crippen LogP contribution in [0.5, 0.6) is 11.5 Å². The van der Waals surface area contributed by atoms with Gasteiger partial charge in [0.2, 0.25) is 0 Å². The molecule has 2 amide bonds. The van der Waals surface area contributed by atoms with Crippen LogP contribution in [0.4, 0.5) is 4.79 Å². The van der Waals surface area contributed by atoms with Gasteiger partial charge in [-0.25, -0.2) is 0 Å². The Kier molecular flexibility index (Phi) is 7.85. The molecule has 0 atom stereocenters. The van der Waals surface area contributed by atoms with Crippen molar-refractivity contribution in [2.75, 3.05) is 7.11 Å². The molecule has 1 saturated heterocycles. The Labute approximate surface area is 221 Å². The number of nitrogens with zero attached hydrogens (tertiary/aromatic N) is 1. The molecule has 1 heterocycles. The molecule has 1 aliphatic heterocycles. The fraction of sp³-hybridized carbons (Fsp3) is 0.154. The van der Waals surface area contributed by atoms with Crippen LogP contribution < -0.4 is 9.47 Å². The zero-order chi connectivity index (χ0) is 24.2. The summed E-state index contributed by atoms with van der Waals surface area (Å²) in [4.78, 5) is 27.1. The molecule has 5 nitrogen and oxygen atoms in total. The molecule has 1 aliphatic rings. The molecule has 0 N–H and O–H groups in total. The summed E-state index contributed by atoms with van der Waals surface area (Å²) in [6.07, 6.45) is 1.71. The van der Waals surface area contributed by atoms with Crippen LogP contribution in [0.1, 0.15) is 22.3 Å². The minimum absolute atomic E-state index is 0.248. The maximum absolute atomic E-state index is 12.9. The fourth-order valence-electron chi connectivity index (χ4n) is 3.39. The summed E-state index contributed by atoms with van der Waals surface area (Å²) in [6.45, 7) is 2.54. The average Bonchev–Trinajstić information content (AvgIpc) is 3.07. The van der Waals surface area contributed by atoms with Crippen LogP contribution in [-0.2, 0) is 17.9 Å². The predicted octanol–water partition coefficient (Wildman–Crippen LogP) is 7.08. The van der Waals surface area contributed by atoms with Crippen molar-refractivity contribution in [3.8, 4) is 11.5 Å². The van der Waals surface area contributed by atoms with E-state index in [1.54, 1.807) is 19.3 Å². The van der Waals surface area contributed by atoms with E-state index in [2.05, 4.69) is 22.6 Å². The smallest absolute Gasteiger partial charge is 0.293 e. The van der Waals surface area contributed by atoms with Crippen LogP contribution in [0.2, 0.25) is 5.02 Å². The minimum atomic E-state index is -0.302. The third kappa shape index (κ3) is 5.59. The monoisotopic (exact) mass is 605 g/mol. The number of methoxy groups -OCH3 is 1. The fourth-order valence-corrected chi connectivity index (χ4v) is 5.20. The van der Waals surface area contributed by atoms with Crippen molar-refractivity contribution in [1.82, 2.24) is 4.90 Å². The summed E-state index contributed by atoms with van der Waals surface area (Å²) in [5.41, 5.74) is 3.64. The van der Waals surface area contributed by atoms with Gasteiger partial charge in [-0.05, 0) is 76.7 Å². The van der Waals surface area contributed by atoms with Crippen molar-refractivity contribution in [2.45, 2.75) is 20.1 Å². The SMILES string of the molecule is COc1cc(/C=C2/SC(=O)N(Cc3ccc(C)cc3)C2=O)cc(I)c1OCc1ccccc1Cl. The number of hydrogen-bond acceptors (Lipinski definition) is 5. The lowest BCUT2D eigenvalue weighted by Crippen LogP contribution is -2.27. The predicted molar refractivity (Wildman–Crippen MR) is 144 cm³/mol. The number of rotatable bonds is 7. The van der Waals surface area contributed by atoms with E-state index in [1.807, 2.05) is 61.5 Å². The number of thioether (sulfide) groups is 1. The van der Waals surface area contributed by atoms with Gasteiger partial charge in [0.1, 0.15) is 6.61 Å². The summed E-state index contributed by atoms with van der Waals surface area (Å²) in [6, 6.07) is 19.0. The summed E-state index contributed by atoms with van der Waals surface area (Å²) in [7, 11) is 1.56. The number of imide groups is 1. The van der Waals surface area contributed by atoms with E-state index in [4.69, 9.17) is 21.1 Å². The molecule has 4 rings (SSSR count). The van der Waals surface area contributed by atoms with Gasteiger partial charge in [0.15, 0.2) is 11.5 Å². The van der Waals surface area contributed by atoms with E-state index >= 15 is 0 Å². The highest BCUT2D eigenvalue weighted by atomic mass is 127. The number of aryl methyl sites for hydroxylation is 1. The van der Waals surface area contributed by atoms with Crippen LogP contribution in [0.3, 0.4) is 0 Å². The Balaban J connectivity index is 1.53. The lowest BCUT2D eigenvalue weighted by atomic mass is 10.1. The molecule has 0 aromatic heterocycles. The van der Waals surface area contributed by atoms with Gasteiger partial charge in [-0.15, -0.1) is 0 Å². The molecule has 0 radical (unpaired) electrons. The summed E-state index contributed by atoms with van der Waals surface area (Å²) < 4.78 is 12.4. The topological polar surface area (TPSA) is 55.8 Å². The molecule has 0 bridgehead atoms. The van der Waals surface area contributed by atoms with Crippen LogP contribution >= 0.6 is 46.0 Å². The molecule has 0 unspecified atom stereocenters. The first kappa shape index (κ1) is 24.6. The Bertz CT molecular complexity index is 1280. The molecule has 8 heteroatoms. The van der Waals surface area contributed by atoms with Crippen molar-refractivity contribution in [3.05, 3.63) is 96.4 Å². The highest BCUT2D eigenvalue weighted by molar-refractivity contribution is 14.1. The Morgan fingerprint density at radius 2 is 1.82 bits per heavy atom. The molecule has 0 aliphatic carbocycles. The number of hydrogen-bond donors (Lipinski definition) is 0. The zero-order valence-corrected chi connectivity index (χ0v) is 22.2. The number of amides is 2. The lowest BCUT2D eigenvalue weighted by molar-refractivity contribution is -0.123.